The average molecular weight is 413 g/mol. The van der Waals surface area contributed by atoms with Crippen molar-refractivity contribution in [3.8, 4) is 11.3 Å². The van der Waals surface area contributed by atoms with Gasteiger partial charge in [-0.05, 0) is 51.3 Å². The quantitative estimate of drug-likeness (QED) is 0.576. The van der Waals surface area contributed by atoms with Crippen LogP contribution in [-0.4, -0.2) is 38.6 Å². The van der Waals surface area contributed by atoms with Crippen LogP contribution in [0.4, 0.5) is 5.69 Å². The van der Waals surface area contributed by atoms with Gasteiger partial charge >= 0.3 is 0 Å². The zero-order valence-electron chi connectivity index (χ0n) is 16.8. The lowest BCUT2D eigenvalue weighted by atomic mass is 10.0. The summed E-state index contributed by atoms with van der Waals surface area (Å²) in [6.45, 7) is 6.39. The first-order chi connectivity index (χ1) is 13.7. The Morgan fingerprint density at radius 1 is 1.34 bits per heavy atom. The van der Waals surface area contributed by atoms with Crippen molar-refractivity contribution in [1.29, 1.82) is 0 Å². The van der Waals surface area contributed by atoms with E-state index in [4.69, 9.17) is 17.3 Å². The van der Waals surface area contributed by atoms with Crippen LogP contribution >= 0.6 is 11.6 Å². The van der Waals surface area contributed by atoms with Crippen LogP contribution in [0.3, 0.4) is 0 Å². The number of anilines is 1. The van der Waals surface area contributed by atoms with Crippen LogP contribution in [0.1, 0.15) is 42.6 Å². The number of hydrogen-bond acceptors (Lipinski definition) is 5. The summed E-state index contributed by atoms with van der Waals surface area (Å²) in [5.74, 6) is -0.0215. The largest absolute Gasteiger partial charge is 0.380 e. The second-order valence-electron chi connectivity index (χ2n) is 8.38. The molecule has 0 unspecified atom stereocenters. The topological polar surface area (TPSA) is 97.3 Å². The zero-order chi connectivity index (χ0) is 20.8. The highest BCUT2D eigenvalue weighted by Crippen LogP contribution is 2.28. The van der Waals surface area contributed by atoms with Gasteiger partial charge in [-0.15, -0.1) is 0 Å². The van der Waals surface area contributed by atoms with E-state index in [-0.39, 0.29) is 11.4 Å². The van der Waals surface area contributed by atoms with Crippen molar-refractivity contribution in [3.63, 3.8) is 0 Å². The van der Waals surface area contributed by atoms with Crippen LogP contribution in [0.2, 0.25) is 5.15 Å². The molecule has 1 fully saturated rings. The maximum Gasteiger partial charge on any atom is 0.251 e. The van der Waals surface area contributed by atoms with Crippen molar-refractivity contribution >= 4 is 28.8 Å². The lowest BCUT2D eigenvalue weighted by Gasteiger charge is -2.20. The van der Waals surface area contributed by atoms with Gasteiger partial charge in [0.1, 0.15) is 0 Å². The molecular formula is C21H25ClN6O. The molecule has 1 aliphatic rings. The number of carbonyl (C=O) groups is 1. The average Bonchev–Trinajstić information content (AvgIpc) is 3.35. The van der Waals surface area contributed by atoms with Gasteiger partial charge in [0.2, 0.25) is 0 Å². The molecule has 0 radical (unpaired) electrons. The van der Waals surface area contributed by atoms with Crippen molar-refractivity contribution in [2.75, 3.05) is 11.9 Å². The SMILES string of the molecule is Cc1cc(-c2cnc3c(NCC(C)(C)N)cc(Cl)nn23)ccc1C(=O)NC1CC1. The second-order valence-corrected chi connectivity index (χ2v) is 8.77. The highest BCUT2D eigenvalue weighted by atomic mass is 35.5. The fourth-order valence-electron chi connectivity index (χ4n) is 3.16. The van der Waals surface area contributed by atoms with Crippen molar-refractivity contribution in [1.82, 2.24) is 19.9 Å². The summed E-state index contributed by atoms with van der Waals surface area (Å²) in [4.78, 5) is 16.9. The van der Waals surface area contributed by atoms with Gasteiger partial charge in [-0.2, -0.15) is 5.10 Å². The molecule has 8 heteroatoms. The maximum absolute atomic E-state index is 12.4. The summed E-state index contributed by atoms with van der Waals surface area (Å²) in [5, 5.41) is 11.1. The van der Waals surface area contributed by atoms with Crippen LogP contribution in [-0.2, 0) is 0 Å². The van der Waals surface area contributed by atoms with Gasteiger partial charge in [-0.1, -0.05) is 17.7 Å². The number of aromatic nitrogens is 3. The van der Waals surface area contributed by atoms with Crippen LogP contribution in [0.25, 0.3) is 16.9 Å². The van der Waals surface area contributed by atoms with E-state index in [9.17, 15) is 4.79 Å². The molecule has 152 valence electrons. The zero-order valence-corrected chi connectivity index (χ0v) is 17.5. The van der Waals surface area contributed by atoms with Gasteiger partial charge < -0.3 is 16.4 Å². The Morgan fingerprint density at radius 3 is 2.76 bits per heavy atom. The number of nitrogens with two attached hydrogens (primary N) is 1. The fraction of sp³-hybridized carbons (Fsp3) is 0.381. The summed E-state index contributed by atoms with van der Waals surface area (Å²) >= 11 is 6.26. The third kappa shape index (κ3) is 4.36. The normalized spacial score (nSPS) is 14.2. The van der Waals surface area contributed by atoms with Gasteiger partial charge in [0.25, 0.3) is 5.91 Å². The van der Waals surface area contributed by atoms with E-state index < -0.39 is 0 Å². The molecule has 3 aromatic rings. The molecule has 2 aromatic heterocycles. The second kappa shape index (κ2) is 7.31. The number of aryl methyl sites for hydroxylation is 1. The summed E-state index contributed by atoms with van der Waals surface area (Å²) in [5.41, 5.74) is 10.4. The summed E-state index contributed by atoms with van der Waals surface area (Å²) in [6, 6.07) is 7.82. The highest BCUT2D eigenvalue weighted by Gasteiger charge is 2.24. The first-order valence-corrected chi connectivity index (χ1v) is 10.1. The number of nitrogens with one attached hydrogen (secondary N) is 2. The number of hydrogen-bond donors (Lipinski definition) is 3. The number of benzene rings is 1. The standard InChI is InChI=1S/C21H25ClN6O/c1-12-8-13(4-7-15(12)20(29)26-14-5-6-14)17-10-24-19-16(25-11-21(2,3)23)9-18(22)27-28(17)19/h4,7-10,14,25H,5-6,11,23H2,1-3H3,(H,26,29). The maximum atomic E-state index is 12.4. The van der Waals surface area contributed by atoms with Crippen LogP contribution < -0.4 is 16.4 Å². The number of fused-ring (bicyclic) bond motifs is 1. The highest BCUT2D eigenvalue weighted by molar-refractivity contribution is 6.29. The van der Waals surface area contributed by atoms with Gasteiger partial charge in [-0.25, -0.2) is 9.50 Å². The molecule has 4 N–H and O–H groups in total. The Bertz CT molecular complexity index is 1080. The van der Waals surface area contributed by atoms with Crippen molar-refractivity contribution in [3.05, 3.63) is 46.7 Å². The molecule has 1 amide bonds. The molecule has 4 rings (SSSR count). The van der Waals surface area contributed by atoms with Crippen LogP contribution in [0.15, 0.2) is 30.5 Å². The van der Waals surface area contributed by atoms with E-state index in [2.05, 4.69) is 20.7 Å². The van der Waals surface area contributed by atoms with Crippen molar-refractivity contribution in [2.45, 2.75) is 45.2 Å². The lowest BCUT2D eigenvalue weighted by Crippen LogP contribution is -2.39. The molecule has 1 aliphatic carbocycles. The van der Waals surface area contributed by atoms with Gasteiger partial charge in [0.15, 0.2) is 10.8 Å². The molecule has 29 heavy (non-hydrogen) atoms. The third-order valence-corrected chi connectivity index (χ3v) is 5.04. The van der Waals surface area contributed by atoms with Crippen LogP contribution in [0, 0.1) is 6.92 Å². The molecule has 1 aromatic carbocycles. The Balaban J connectivity index is 1.68. The Labute approximate surface area is 174 Å². The van der Waals surface area contributed by atoms with Gasteiger partial charge in [-0.3, -0.25) is 4.79 Å². The molecule has 0 saturated heterocycles. The monoisotopic (exact) mass is 412 g/mol. The summed E-state index contributed by atoms with van der Waals surface area (Å²) in [6.07, 6.45) is 3.89. The molecule has 1 saturated carbocycles. The number of rotatable bonds is 6. The third-order valence-electron chi connectivity index (χ3n) is 4.85. The Morgan fingerprint density at radius 2 is 2.10 bits per heavy atom. The predicted molar refractivity (Wildman–Crippen MR) is 115 cm³/mol. The first kappa shape index (κ1) is 19.7. The van der Waals surface area contributed by atoms with E-state index in [1.165, 1.54) is 0 Å². The van der Waals surface area contributed by atoms with E-state index in [0.717, 1.165) is 35.3 Å². The smallest absolute Gasteiger partial charge is 0.251 e. The van der Waals surface area contributed by atoms with Gasteiger partial charge in [0, 0.05) is 35.3 Å². The van der Waals surface area contributed by atoms with Gasteiger partial charge in [0.05, 0.1) is 17.6 Å². The first-order valence-electron chi connectivity index (χ1n) is 9.70. The number of halogens is 1. The van der Waals surface area contributed by atoms with Crippen LogP contribution in [0.5, 0.6) is 0 Å². The number of nitrogens with zero attached hydrogens (tertiary/aromatic N) is 3. The van der Waals surface area contributed by atoms with Crippen molar-refractivity contribution < 1.29 is 4.79 Å². The molecule has 0 spiro atoms. The minimum atomic E-state index is -0.379. The fourth-order valence-corrected chi connectivity index (χ4v) is 3.34. The number of carbonyl (C=O) groups excluding carboxylic acids is 1. The Kier molecular flexibility index (Phi) is 4.96. The van der Waals surface area contributed by atoms with E-state index in [1.54, 1.807) is 16.8 Å². The minimum Gasteiger partial charge on any atom is -0.380 e. The molecule has 0 atom stereocenters. The Hall–Kier alpha value is -2.64. The van der Waals surface area contributed by atoms with Crippen molar-refractivity contribution in [2.24, 2.45) is 5.73 Å². The number of amides is 1. The van der Waals surface area contributed by atoms with E-state index in [0.29, 0.717) is 29.0 Å². The number of imidazole rings is 1. The molecule has 2 heterocycles. The molecule has 7 nitrogen and oxygen atoms in total. The summed E-state index contributed by atoms with van der Waals surface area (Å²) in [7, 11) is 0. The summed E-state index contributed by atoms with van der Waals surface area (Å²) < 4.78 is 1.72. The lowest BCUT2D eigenvalue weighted by molar-refractivity contribution is 0.0950. The van der Waals surface area contributed by atoms with E-state index >= 15 is 0 Å². The van der Waals surface area contributed by atoms with E-state index in [1.807, 2.05) is 39.0 Å². The molecular weight excluding hydrogens is 388 g/mol. The molecule has 0 aliphatic heterocycles. The predicted octanol–water partition coefficient (Wildman–Crippen LogP) is 3.40. The minimum absolute atomic E-state index is 0.0215. The molecule has 0 bridgehead atoms.